The summed E-state index contributed by atoms with van der Waals surface area (Å²) in [6.07, 6.45) is 4.45. The van der Waals surface area contributed by atoms with E-state index in [-0.39, 0.29) is 0 Å². The molecule has 3 rings (SSSR count). The maximum absolute atomic E-state index is 5.38. The molecular weight excluding hydrogens is 218 g/mol. The predicted molar refractivity (Wildman–Crippen MR) is 67.0 cm³/mol. The van der Waals surface area contributed by atoms with E-state index < -0.39 is 0 Å². The van der Waals surface area contributed by atoms with Gasteiger partial charge in [-0.25, -0.2) is 4.98 Å². The van der Waals surface area contributed by atoms with E-state index >= 15 is 0 Å². The summed E-state index contributed by atoms with van der Waals surface area (Å²) in [6.45, 7) is 5.38. The van der Waals surface area contributed by atoms with Gasteiger partial charge in [0.25, 0.3) is 0 Å². The molecule has 0 radical (unpaired) electrons. The molecule has 3 nitrogen and oxygen atoms in total. The second kappa shape index (κ2) is 3.17. The number of fused-ring (bicyclic) bond motifs is 1. The fraction of sp³-hybridized carbons (Fsp3) is 0.500. The molecule has 0 unspecified atom stereocenters. The van der Waals surface area contributed by atoms with Crippen LogP contribution in [0.1, 0.15) is 25.3 Å². The highest BCUT2D eigenvalue weighted by Gasteiger charge is 2.38. The van der Waals surface area contributed by atoms with Gasteiger partial charge in [0.2, 0.25) is 0 Å². The molecule has 0 saturated heterocycles. The maximum Gasteiger partial charge on any atom is 0.179 e. The number of aromatic amines is 1. The van der Waals surface area contributed by atoms with Gasteiger partial charge < -0.3 is 9.55 Å². The van der Waals surface area contributed by atoms with Gasteiger partial charge in [-0.3, -0.25) is 0 Å². The van der Waals surface area contributed by atoms with Crippen molar-refractivity contribution in [2.75, 3.05) is 0 Å². The second-order valence-corrected chi connectivity index (χ2v) is 5.54. The Bertz CT molecular complexity index is 604. The number of hydrogen-bond donors (Lipinski definition) is 1. The Balaban J connectivity index is 2.19. The molecular formula is C12H15N3S. The zero-order valence-electron chi connectivity index (χ0n) is 9.58. The van der Waals surface area contributed by atoms with Gasteiger partial charge >= 0.3 is 0 Å². The van der Waals surface area contributed by atoms with Crippen molar-refractivity contribution in [1.29, 1.82) is 0 Å². The van der Waals surface area contributed by atoms with Gasteiger partial charge in [-0.05, 0) is 49.0 Å². The smallest absolute Gasteiger partial charge is 0.179 e. The highest BCUT2D eigenvalue weighted by molar-refractivity contribution is 7.71. The van der Waals surface area contributed by atoms with E-state index in [0.29, 0.717) is 5.41 Å². The third-order valence-electron chi connectivity index (χ3n) is 3.52. The molecule has 1 N–H and O–H groups in total. The van der Waals surface area contributed by atoms with E-state index in [1.165, 1.54) is 18.4 Å². The normalized spacial score (nSPS) is 17.9. The summed E-state index contributed by atoms with van der Waals surface area (Å²) in [5, 5.41) is 0. The Labute approximate surface area is 99.5 Å². The van der Waals surface area contributed by atoms with E-state index in [0.717, 1.165) is 22.5 Å². The minimum Gasteiger partial charge on any atom is -0.329 e. The van der Waals surface area contributed by atoms with E-state index in [2.05, 4.69) is 28.4 Å². The largest absolute Gasteiger partial charge is 0.329 e. The first kappa shape index (κ1) is 10.0. The third kappa shape index (κ3) is 1.48. The number of H-pyrrole nitrogens is 1. The maximum atomic E-state index is 5.38. The molecule has 1 aliphatic carbocycles. The molecule has 0 aromatic carbocycles. The van der Waals surface area contributed by atoms with Crippen molar-refractivity contribution in [3.63, 3.8) is 0 Å². The Kier molecular flexibility index (Phi) is 1.98. The van der Waals surface area contributed by atoms with Gasteiger partial charge in [-0.2, -0.15) is 0 Å². The first-order valence-corrected chi connectivity index (χ1v) is 6.04. The molecule has 0 aliphatic heterocycles. The van der Waals surface area contributed by atoms with E-state index in [9.17, 15) is 0 Å². The number of nitrogens with zero attached hydrogens (tertiary/aromatic N) is 2. The van der Waals surface area contributed by atoms with Crippen molar-refractivity contribution in [1.82, 2.24) is 14.5 Å². The fourth-order valence-corrected chi connectivity index (χ4v) is 2.33. The monoisotopic (exact) mass is 233 g/mol. The van der Waals surface area contributed by atoms with Crippen LogP contribution in [-0.2, 0) is 6.54 Å². The molecule has 84 valence electrons. The lowest BCUT2D eigenvalue weighted by molar-refractivity contribution is 0.467. The molecule has 4 heteroatoms. The molecule has 0 amide bonds. The highest BCUT2D eigenvalue weighted by atomic mass is 32.1. The van der Waals surface area contributed by atoms with Crippen molar-refractivity contribution < 1.29 is 0 Å². The molecule has 2 heterocycles. The van der Waals surface area contributed by atoms with Crippen LogP contribution in [0.25, 0.3) is 11.2 Å². The Morgan fingerprint density at radius 2 is 2.31 bits per heavy atom. The van der Waals surface area contributed by atoms with E-state index in [1.807, 2.05) is 12.3 Å². The van der Waals surface area contributed by atoms with Crippen LogP contribution < -0.4 is 0 Å². The van der Waals surface area contributed by atoms with Gasteiger partial charge in [0.05, 0.1) is 5.52 Å². The van der Waals surface area contributed by atoms with Crippen LogP contribution in [0.3, 0.4) is 0 Å². The first-order valence-electron chi connectivity index (χ1n) is 5.63. The van der Waals surface area contributed by atoms with Crippen LogP contribution in [0.5, 0.6) is 0 Å². The summed E-state index contributed by atoms with van der Waals surface area (Å²) in [6, 6.07) is 2.01. The minimum absolute atomic E-state index is 0.443. The summed E-state index contributed by atoms with van der Waals surface area (Å²) in [7, 11) is 0. The molecule has 2 aromatic heterocycles. The van der Waals surface area contributed by atoms with Crippen LogP contribution in [-0.4, -0.2) is 14.5 Å². The average molecular weight is 233 g/mol. The number of aromatic nitrogens is 3. The lowest BCUT2D eigenvalue weighted by atomic mass is 10.1. The number of hydrogen-bond acceptors (Lipinski definition) is 2. The molecule has 2 aromatic rings. The topological polar surface area (TPSA) is 33.6 Å². The summed E-state index contributed by atoms with van der Waals surface area (Å²) in [4.78, 5) is 7.70. The number of aryl methyl sites for hydroxylation is 1. The SMILES string of the molecule is Cc1ccnc2c1[nH]c(=S)n2CC1(C)CC1. The number of pyridine rings is 1. The summed E-state index contributed by atoms with van der Waals surface area (Å²) >= 11 is 5.38. The van der Waals surface area contributed by atoms with Crippen molar-refractivity contribution in [2.45, 2.75) is 33.2 Å². The second-order valence-electron chi connectivity index (χ2n) is 5.15. The van der Waals surface area contributed by atoms with Crippen molar-refractivity contribution in [3.05, 3.63) is 22.6 Å². The van der Waals surface area contributed by atoms with Crippen molar-refractivity contribution in [2.24, 2.45) is 5.41 Å². The molecule has 1 fully saturated rings. The molecule has 1 saturated carbocycles. The van der Waals surface area contributed by atoms with Gasteiger partial charge in [0, 0.05) is 12.7 Å². The van der Waals surface area contributed by atoms with Crippen LogP contribution >= 0.6 is 12.2 Å². The van der Waals surface area contributed by atoms with Crippen LogP contribution in [0.4, 0.5) is 0 Å². The fourth-order valence-electron chi connectivity index (χ4n) is 2.07. The molecule has 0 bridgehead atoms. The van der Waals surface area contributed by atoms with Gasteiger partial charge in [-0.15, -0.1) is 0 Å². The quantitative estimate of drug-likeness (QED) is 0.808. The standard InChI is InChI=1S/C12H15N3S/c1-8-3-6-13-10-9(8)14-11(16)15(10)7-12(2)4-5-12/h3,6H,4-5,7H2,1-2H3,(H,14,16). The summed E-state index contributed by atoms with van der Waals surface area (Å²) in [5.74, 6) is 0. The lowest BCUT2D eigenvalue weighted by Gasteiger charge is -2.09. The average Bonchev–Trinajstić information content (AvgIpc) is 2.88. The molecule has 0 atom stereocenters. The third-order valence-corrected chi connectivity index (χ3v) is 3.84. The highest BCUT2D eigenvalue weighted by Crippen LogP contribution is 2.46. The van der Waals surface area contributed by atoms with Crippen LogP contribution in [0, 0.1) is 17.1 Å². The van der Waals surface area contributed by atoms with Gasteiger partial charge in [0.1, 0.15) is 0 Å². The van der Waals surface area contributed by atoms with Crippen LogP contribution in [0.2, 0.25) is 0 Å². The summed E-state index contributed by atoms with van der Waals surface area (Å²) < 4.78 is 2.94. The number of rotatable bonds is 2. The predicted octanol–water partition coefficient (Wildman–Crippen LogP) is 3.20. The molecule has 1 aliphatic rings. The zero-order chi connectivity index (χ0) is 11.3. The van der Waals surface area contributed by atoms with Gasteiger partial charge in [0.15, 0.2) is 10.4 Å². The Morgan fingerprint density at radius 3 is 3.00 bits per heavy atom. The zero-order valence-corrected chi connectivity index (χ0v) is 10.4. The summed E-state index contributed by atoms with van der Waals surface area (Å²) in [5.41, 5.74) is 3.73. The van der Waals surface area contributed by atoms with E-state index in [1.54, 1.807) is 0 Å². The Hall–Kier alpha value is -1.16. The molecule has 0 spiro atoms. The van der Waals surface area contributed by atoms with Gasteiger partial charge in [-0.1, -0.05) is 6.92 Å². The Morgan fingerprint density at radius 1 is 1.56 bits per heavy atom. The van der Waals surface area contributed by atoms with Crippen molar-refractivity contribution >= 4 is 23.4 Å². The number of nitrogens with one attached hydrogen (secondary N) is 1. The minimum atomic E-state index is 0.443. The van der Waals surface area contributed by atoms with E-state index in [4.69, 9.17) is 12.2 Å². The van der Waals surface area contributed by atoms with Crippen LogP contribution in [0.15, 0.2) is 12.3 Å². The van der Waals surface area contributed by atoms with Crippen molar-refractivity contribution in [3.8, 4) is 0 Å². The molecule has 16 heavy (non-hydrogen) atoms. The first-order chi connectivity index (χ1) is 7.59. The number of imidazole rings is 1. The lowest BCUT2D eigenvalue weighted by Crippen LogP contribution is -2.08.